The minimum Gasteiger partial charge on any atom is -0.393 e. The molecule has 0 amide bonds. The van der Waals surface area contributed by atoms with Crippen LogP contribution in [-0.4, -0.2) is 68.4 Å². The van der Waals surface area contributed by atoms with Crippen LogP contribution in [0.2, 0.25) is 0 Å². The summed E-state index contributed by atoms with van der Waals surface area (Å²) in [5.74, 6) is 2.41. The highest BCUT2D eigenvalue weighted by atomic mass is 16.3. The SMILES string of the molecule is OC1CCC(Cn2cnc3c(N4CCN(CC5CCCCC5)CC4)ncnc32)C1. The van der Waals surface area contributed by atoms with Crippen molar-refractivity contribution in [3.05, 3.63) is 12.7 Å². The normalized spacial score (nSPS) is 27.1. The number of nitrogens with zero attached hydrogens (tertiary/aromatic N) is 6. The van der Waals surface area contributed by atoms with E-state index in [9.17, 15) is 5.11 Å². The first-order valence-corrected chi connectivity index (χ1v) is 11.6. The van der Waals surface area contributed by atoms with Crippen LogP contribution in [0.5, 0.6) is 0 Å². The van der Waals surface area contributed by atoms with Gasteiger partial charge in [-0.3, -0.25) is 4.90 Å². The quantitative estimate of drug-likeness (QED) is 0.835. The first kappa shape index (κ1) is 19.2. The Kier molecular flexibility index (Phi) is 5.68. The molecule has 29 heavy (non-hydrogen) atoms. The smallest absolute Gasteiger partial charge is 0.165 e. The van der Waals surface area contributed by atoms with Crippen molar-refractivity contribution in [2.24, 2.45) is 11.8 Å². The molecule has 3 fully saturated rings. The Balaban J connectivity index is 1.24. The number of aliphatic hydroxyl groups is 1. The number of hydrogen-bond acceptors (Lipinski definition) is 6. The molecule has 2 aromatic heterocycles. The maximum atomic E-state index is 9.82. The lowest BCUT2D eigenvalue weighted by atomic mass is 9.89. The Labute approximate surface area is 173 Å². The zero-order chi connectivity index (χ0) is 19.6. The van der Waals surface area contributed by atoms with Gasteiger partial charge < -0.3 is 14.6 Å². The van der Waals surface area contributed by atoms with Gasteiger partial charge in [0.05, 0.1) is 12.4 Å². The van der Waals surface area contributed by atoms with Crippen LogP contribution in [0, 0.1) is 11.8 Å². The first-order valence-electron chi connectivity index (χ1n) is 11.6. The molecule has 2 aromatic rings. The van der Waals surface area contributed by atoms with Crippen molar-refractivity contribution in [3.63, 3.8) is 0 Å². The maximum absolute atomic E-state index is 9.82. The molecule has 1 N–H and O–H groups in total. The molecule has 0 spiro atoms. The van der Waals surface area contributed by atoms with E-state index in [-0.39, 0.29) is 6.10 Å². The molecule has 0 aromatic carbocycles. The number of fused-ring (bicyclic) bond motifs is 1. The molecule has 7 heteroatoms. The Hall–Kier alpha value is -1.73. The van der Waals surface area contributed by atoms with Crippen molar-refractivity contribution in [1.82, 2.24) is 24.4 Å². The lowest BCUT2D eigenvalue weighted by Gasteiger charge is -2.37. The van der Waals surface area contributed by atoms with Gasteiger partial charge in [-0.2, -0.15) is 0 Å². The zero-order valence-electron chi connectivity index (χ0n) is 17.4. The second kappa shape index (κ2) is 8.56. The molecule has 2 atom stereocenters. The van der Waals surface area contributed by atoms with Gasteiger partial charge in [0.1, 0.15) is 6.33 Å². The zero-order valence-corrected chi connectivity index (χ0v) is 17.4. The van der Waals surface area contributed by atoms with Crippen molar-refractivity contribution in [1.29, 1.82) is 0 Å². The highest BCUT2D eigenvalue weighted by molar-refractivity contribution is 5.83. The van der Waals surface area contributed by atoms with Crippen LogP contribution in [0.1, 0.15) is 51.4 Å². The summed E-state index contributed by atoms with van der Waals surface area (Å²) < 4.78 is 2.16. The summed E-state index contributed by atoms with van der Waals surface area (Å²) in [5.41, 5.74) is 1.85. The summed E-state index contributed by atoms with van der Waals surface area (Å²) in [5, 5.41) is 9.82. The Morgan fingerprint density at radius 3 is 2.45 bits per heavy atom. The lowest BCUT2D eigenvalue weighted by molar-refractivity contribution is 0.176. The molecule has 3 aliphatic rings. The molecule has 2 unspecified atom stereocenters. The minimum absolute atomic E-state index is 0.134. The van der Waals surface area contributed by atoms with E-state index >= 15 is 0 Å². The fourth-order valence-corrected chi connectivity index (χ4v) is 5.60. The van der Waals surface area contributed by atoms with Crippen LogP contribution in [0.15, 0.2) is 12.7 Å². The van der Waals surface area contributed by atoms with Crippen LogP contribution in [0.4, 0.5) is 5.82 Å². The van der Waals surface area contributed by atoms with E-state index in [2.05, 4.69) is 29.3 Å². The monoisotopic (exact) mass is 398 g/mol. The summed E-state index contributed by atoms with van der Waals surface area (Å²) in [7, 11) is 0. The molecule has 1 aliphatic heterocycles. The average Bonchev–Trinajstić information content (AvgIpc) is 3.36. The standard InChI is InChI=1S/C22H34N6O/c29-19-7-6-18(12-19)14-28-16-25-20-21(23-15-24-22(20)28)27-10-8-26(9-11-27)13-17-4-2-1-3-5-17/h15-19,29H,1-14H2. The Morgan fingerprint density at radius 1 is 0.862 bits per heavy atom. The molecule has 2 saturated carbocycles. The van der Waals surface area contributed by atoms with Crippen LogP contribution in [0.25, 0.3) is 11.2 Å². The summed E-state index contributed by atoms with van der Waals surface area (Å²) in [6.07, 6.45) is 13.5. The van der Waals surface area contributed by atoms with Crippen LogP contribution in [0.3, 0.4) is 0 Å². The van der Waals surface area contributed by atoms with E-state index in [0.717, 1.165) is 74.9 Å². The molecule has 1 saturated heterocycles. The van der Waals surface area contributed by atoms with Gasteiger partial charge in [0.2, 0.25) is 0 Å². The van der Waals surface area contributed by atoms with Crippen molar-refractivity contribution in [2.45, 2.75) is 64.0 Å². The second-order valence-corrected chi connectivity index (χ2v) is 9.39. The van der Waals surface area contributed by atoms with Crippen molar-refractivity contribution in [2.75, 3.05) is 37.6 Å². The van der Waals surface area contributed by atoms with E-state index in [4.69, 9.17) is 0 Å². The van der Waals surface area contributed by atoms with Gasteiger partial charge in [0.25, 0.3) is 0 Å². The average molecular weight is 399 g/mol. The van der Waals surface area contributed by atoms with Crippen molar-refractivity contribution < 1.29 is 5.11 Å². The molecule has 0 radical (unpaired) electrons. The van der Waals surface area contributed by atoms with E-state index < -0.39 is 0 Å². The van der Waals surface area contributed by atoms with Crippen molar-refractivity contribution in [3.8, 4) is 0 Å². The Bertz CT molecular complexity index is 809. The van der Waals surface area contributed by atoms with Gasteiger partial charge in [0.15, 0.2) is 17.0 Å². The number of imidazole rings is 1. The predicted octanol–water partition coefficient (Wildman–Crippen LogP) is 2.69. The second-order valence-electron chi connectivity index (χ2n) is 9.39. The summed E-state index contributed by atoms with van der Waals surface area (Å²) in [6.45, 7) is 6.42. The van der Waals surface area contributed by atoms with Gasteiger partial charge in [0, 0.05) is 39.3 Å². The molecule has 5 rings (SSSR count). The summed E-state index contributed by atoms with van der Waals surface area (Å²) >= 11 is 0. The van der Waals surface area contributed by atoms with Gasteiger partial charge in [-0.25, -0.2) is 15.0 Å². The fraction of sp³-hybridized carbons (Fsp3) is 0.773. The van der Waals surface area contributed by atoms with Gasteiger partial charge >= 0.3 is 0 Å². The number of hydrogen-bond donors (Lipinski definition) is 1. The maximum Gasteiger partial charge on any atom is 0.165 e. The van der Waals surface area contributed by atoms with Crippen LogP contribution < -0.4 is 4.90 Å². The third kappa shape index (κ3) is 4.26. The largest absolute Gasteiger partial charge is 0.393 e. The van der Waals surface area contributed by atoms with Gasteiger partial charge in [-0.1, -0.05) is 19.3 Å². The first-order chi connectivity index (χ1) is 14.3. The Morgan fingerprint density at radius 2 is 1.69 bits per heavy atom. The molecule has 0 bridgehead atoms. The van der Waals surface area contributed by atoms with E-state index in [1.54, 1.807) is 6.33 Å². The highest BCUT2D eigenvalue weighted by Crippen LogP contribution is 2.29. The molecule has 7 nitrogen and oxygen atoms in total. The topological polar surface area (TPSA) is 70.3 Å². The predicted molar refractivity (Wildman–Crippen MR) is 114 cm³/mol. The molecule has 2 aliphatic carbocycles. The molecular formula is C22H34N6O. The third-order valence-corrected chi connectivity index (χ3v) is 7.26. The fourth-order valence-electron chi connectivity index (χ4n) is 5.60. The number of anilines is 1. The van der Waals surface area contributed by atoms with Crippen molar-refractivity contribution >= 4 is 17.0 Å². The summed E-state index contributed by atoms with van der Waals surface area (Å²) in [6, 6.07) is 0. The minimum atomic E-state index is -0.134. The number of aliphatic hydroxyl groups excluding tert-OH is 1. The van der Waals surface area contributed by atoms with Crippen LogP contribution in [-0.2, 0) is 6.54 Å². The van der Waals surface area contributed by atoms with E-state index in [1.807, 2.05) is 6.33 Å². The lowest BCUT2D eigenvalue weighted by Crippen LogP contribution is -2.48. The van der Waals surface area contributed by atoms with E-state index in [1.165, 1.54) is 38.6 Å². The molecule has 158 valence electrons. The third-order valence-electron chi connectivity index (χ3n) is 7.26. The highest BCUT2D eigenvalue weighted by Gasteiger charge is 2.26. The van der Waals surface area contributed by atoms with Gasteiger partial charge in [-0.05, 0) is 43.9 Å². The number of piperazine rings is 1. The number of aromatic nitrogens is 4. The number of rotatable bonds is 5. The summed E-state index contributed by atoms with van der Waals surface area (Å²) in [4.78, 5) is 18.9. The van der Waals surface area contributed by atoms with Gasteiger partial charge in [-0.15, -0.1) is 0 Å². The molecular weight excluding hydrogens is 364 g/mol. The van der Waals surface area contributed by atoms with E-state index in [0.29, 0.717) is 5.92 Å². The van der Waals surface area contributed by atoms with Crippen LogP contribution >= 0.6 is 0 Å². The molecule has 3 heterocycles.